The molecular formula is C19H20N4O2. The Morgan fingerprint density at radius 2 is 1.96 bits per heavy atom. The van der Waals surface area contributed by atoms with Crippen LogP contribution in [0.15, 0.2) is 54.6 Å². The van der Waals surface area contributed by atoms with E-state index in [0.717, 1.165) is 5.56 Å². The van der Waals surface area contributed by atoms with Crippen molar-refractivity contribution >= 4 is 5.91 Å². The topological polar surface area (TPSA) is 79.9 Å². The number of aromatic amines is 1. The number of amides is 1. The van der Waals surface area contributed by atoms with Crippen molar-refractivity contribution < 1.29 is 9.53 Å². The Bertz CT molecular complexity index is 845. The lowest BCUT2D eigenvalue weighted by Gasteiger charge is -2.12. The van der Waals surface area contributed by atoms with Crippen molar-refractivity contribution in [2.75, 3.05) is 13.7 Å². The monoisotopic (exact) mass is 336 g/mol. The second kappa shape index (κ2) is 7.61. The van der Waals surface area contributed by atoms with Crippen molar-refractivity contribution in [2.45, 2.75) is 12.8 Å². The van der Waals surface area contributed by atoms with Gasteiger partial charge >= 0.3 is 0 Å². The van der Waals surface area contributed by atoms with Gasteiger partial charge in [-0.1, -0.05) is 49.4 Å². The molecule has 0 fully saturated rings. The molecule has 0 saturated carbocycles. The van der Waals surface area contributed by atoms with E-state index in [0.29, 0.717) is 18.0 Å². The predicted octanol–water partition coefficient (Wildman–Crippen LogP) is 3.01. The highest BCUT2D eigenvalue weighted by Gasteiger charge is 2.19. The van der Waals surface area contributed by atoms with Gasteiger partial charge in [-0.05, 0) is 23.6 Å². The highest BCUT2D eigenvalue weighted by atomic mass is 16.5. The molecule has 128 valence electrons. The molecule has 0 radical (unpaired) electrons. The molecule has 0 aliphatic rings. The molecule has 0 aliphatic carbocycles. The van der Waals surface area contributed by atoms with Crippen LogP contribution in [0.25, 0.3) is 11.3 Å². The smallest absolute Gasteiger partial charge is 0.274 e. The molecule has 0 aliphatic heterocycles. The number of nitrogens with one attached hydrogen (secondary N) is 2. The Balaban J connectivity index is 1.72. The van der Waals surface area contributed by atoms with Crippen LogP contribution in [0, 0.1) is 0 Å². The molecule has 0 bridgehead atoms. The van der Waals surface area contributed by atoms with E-state index >= 15 is 0 Å². The van der Waals surface area contributed by atoms with Crippen LogP contribution in [0.2, 0.25) is 0 Å². The molecule has 25 heavy (non-hydrogen) atoms. The van der Waals surface area contributed by atoms with E-state index in [1.54, 1.807) is 7.11 Å². The van der Waals surface area contributed by atoms with Crippen LogP contribution in [-0.2, 0) is 0 Å². The number of rotatable bonds is 6. The highest BCUT2D eigenvalue weighted by molar-refractivity contribution is 5.97. The molecule has 1 heterocycles. The summed E-state index contributed by atoms with van der Waals surface area (Å²) in [6, 6.07) is 17.4. The van der Waals surface area contributed by atoms with E-state index in [1.165, 1.54) is 5.56 Å². The minimum atomic E-state index is -0.255. The Morgan fingerprint density at radius 3 is 2.72 bits per heavy atom. The van der Waals surface area contributed by atoms with Gasteiger partial charge in [0.25, 0.3) is 5.91 Å². The average molecular weight is 336 g/mol. The van der Waals surface area contributed by atoms with Gasteiger partial charge in [-0.15, -0.1) is 0 Å². The maximum absolute atomic E-state index is 12.5. The van der Waals surface area contributed by atoms with Crippen LogP contribution >= 0.6 is 0 Å². The Kier molecular flexibility index (Phi) is 5.09. The van der Waals surface area contributed by atoms with Gasteiger partial charge in [0.15, 0.2) is 5.69 Å². The number of hydrogen-bond donors (Lipinski definition) is 2. The third kappa shape index (κ3) is 3.85. The summed E-state index contributed by atoms with van der Waals surface area (Å²) in [6.07, 6.45) is 0. The number of carbonyl (C=O) groups excluding carboxylic acids is 1. The first-order valence-electron chi connectivity index (χ1n) is 8.07. The molecule has 3 rings (SSSR count). The van der Waals surface area contributed by atoms with E-state index in [2.05, 4.69) is 39.8 Å². The number of nitrogens with zero attached hydrogens (tertiary/aromatic N) is 2. The molecule has 2 N–H and O–H groups in total. The van der Waals surface area contributed by atoms with Gasteiger partial charge in [-0.3, -0.25) is 4.79 Å². The maximum Gasteiger partial charge on any atom is 0.274 e. The largest absolute Gasteiger partial charge is 0.497 e. The Hall–Kier alpha value is -3.15. The summed E-state index contributed by atoms with van der Waals surface area (Å²) >= 11 is 0. The first-order chi connectivity index (χ1) is 12.2. The second-order valence-corrected chi connectivity index (χ2v) is 5.77. The Labute approximate surface area is 146 Å². The van der Waals surface area contributed by atoms with Gasteiger partial charge in [0.05, 0.1) is 7.11 Å². The summed E-state index contributed by atoms with van der Waals surface area (Å²) in [4.78, 5) is 12.5. The van der Waals surface area contributed by atoms with Crippen molar-refractivity contribution in [1.29, 1.82) is 0 Å². The fourth-order valence-electron chi connectivity index (χ4n) is 2.59. The number of benzene rings is 2. The molecule has 2 aromatic carbocycles. The van der Waals surface area contributed by atoms with Gasteiger partial charge in [-0.2, -0.15) is 15.4 Å². The lowest BCUT2D eigenvalue weighted by atomic mass is 10.0. The normalized spacial score (nSPS) is 11.8. The molecule has 3 aromatic rings. The predicted molar refractivity (Wildman–Crippen MR) is 95.6 cm³/mol. The van der Waals surface area contributed by atoms with Crippen LogP contribution in [-0.4, -0.2) is 35.0 Å². The average Bonchev–Trinajstić information content (AvgIpc) is 3.16. The second-order valence-electron chi connectivity index (χ2n) is 5.77. The minimum absolute atomic E-state index is 0.206. The van der Waals surface area contributed by atoms with Gasteiger partial charge < -0.3 is 10.1 Å². The molecule has 1 atom stereocenters. The fourth-order valence-corrected chi connectivity index (χ4v) is 2.59. The van der Waals surface area contributed by atoms with Gasteiger partial charge in [0.2, 0.25) is 0 Å². The summed E-state index contributed by atoms with van der Waals surface area (Å²) < 4.78 is 5.22. The zero-order valence-corrected chi connectivity index (χ0v) is 14.2. The summed E-state index contributed by atoms with van der Waals surface area (Å²) in [5.41, 5.74) is 2.72. The number of ether oxygens (including phenoxy) is 1. The van der Waals surface area contributed by atoms with Gasteiger partial charge in [0.1, 0.15) is 11.4 Å². The Morgan fingerprint density at radius 1 is 1.16 bits per heavy atom. The third-order valence-electron chi connectivity index (χ3n) is 4.04. The summed E-state index contributed by atoms with van der Waals surface area (Å²) in [5, 5.41) is 13.6. The number of aromatic nitrogens is 3. The number of hydrogen-bond acceptors (Lipinski definition) is 4. The SMILES string of the molecule is COc1cccc(-c2n[nH]nc2C(=O)NCC(C)c2ccccc2)c1. The molecule has 1 unspecified atom stereocenters. The van der Waals surface area contributed by atoms with E-state index < -0.39 is 0 Å². The third-order valence-corrected chi connectivity index (χ3v) is 4.04. The van der Waals surface area contributed by atoms with E-state index in [9.17, 15) is 4.79 Å². The van der Waals surface area contributed by atoms with Crippen molar-refractivity contribution in [3.63, 3.8) is 0 Å². The van der Waals surface area contributed by atoms with E-state index in [1.807, 2.05) is 42.5 Å². The molecular weight excluding hydrogens is 316 g/mol. The first kappa shape index (κ1) is 16.7. The molecule has 6 heteroatoms. The number of carbonyl (C=O) groups is 1. The minimum Gasteiger partial charge on any atom is -0.497 e. The summed E-state index contributed by atoms with van der Waals surface area (Å²) in [5.74, 6) is 0.649. The highest BCUT2D eigenvalue weighted by Crippen LogP contribution is 2.24. The van der Waals surface area contributed by atoms with Crippen LogP contribution < -0.4 is 10.1 Å². The molecule has 0 saturated heterocycles. The van der Waals surface area contributed by atoms with Crippen LogP contribution in [0.5, 0.6) is 5.75 Å². The zero-order chi connectivity index (χ0) is 17.6. The van der Waals surface area contributed by atoms with Crippen LogP contribution in [0.4, 0.5) is 0 Å². The lowest BCUT2D eigenvalue weighted by molar-refractivity contribution is 0.0947. The standard InChI is InChI=1S/C19H20N4O2/c1-13(14-7-4-3-5-8-14)12-20-19(24)18-17(21-23-22-18)15-9-6-10-16(11-15)25-2/h3-11,13H,12H2,1-2H3,(H,20,24)(H,21,22,23). The lowest BCUT2D eigenvalue weighted by Crippen LogP contribution is -2.28. The van der Waals surface area contributed by atoms with E-state index in [-0.39, 0.29) is 17.5 Å². The van der Waals surface area contributed by atoms with Crippen molar-refractivity contribution in [1.82, 2.24) is 20.7 Å². The van der Waals surface area contributed by atoms with Gasteiger partial charge in [0, 0.05) is 12.1 Å². The quantitative estimate of drug-likeness (QED) is 0.725. The van der Waals surface area contributed by atoms with Crippen molar-refractivity contribution in [2.24, 2.45) is 0 Å². The van der Waals surface area contributed by atoms with E-state index in [4.69, 9.17) is 4.74 Å². The maximum atomic E-state index is 12.5. The molecule has 1 aromatic heterocycles. The summed E-state index contributed by atoms with van der Waals surface area (Å²) in [7, 11) is 1.60. The molecule has 0 spiro atoms. The number of methoxy groups -OCH3 is 1. The molecule has 6 nitrogen and oxygen atoms in total. The van der Waals surface area contributed by atoms with Gasteiger partial charge in [-0.25, -0.2) is 0 Å². The summed E-state index contributed by atoms with van der Waals surface area (Å²) in [6.45, 7) is 2.59. The molecule has 1 amide bonds. The fraction of sp³-hybridized carbons (Fsp3) is 0.211. The van der Waals surface area contributed by atoms with Crippen LogP contribution in [0.3, 0.4) is 0 Å². The van der Waals surface area contributed by atoms with Crippen molar-refractivity contribution in [3.8, 4) is 17.0 Å². The number of H-pyrrole nitrogens is 1. The first-order valence-corrected chi connectivity index (χ1v) is 8.07. The van der Waals surface area contributed by atoms with Crippen molar-refractivity contribution in [3.05, 3.63) is 65.9 Å². The van der Waals surface area contributed by atoms with Crippen LogP contribution in [0.1, 0.15) is 28.9 Å². The zero-order valence-electron chi connectivity index (χ0n) is 14.2.